The van der Waals surface area contributed by atoms with Gasteiger partial charge in [-0.15, -0.1) is 0 Å². The molecule has 0 radical (unpaired) electrons. The first kappa shape index (κ1) is 27.5. The summed E-state index contributed by atoms with van der Waals surface area (Å²) in [7, 11) is -4.43. The Labute approximate surface area is 233 Å². The molecular weight excluding hydrogens is 582 g/mol. The Kier molecular flexibility index (Phi) is 7.40. The number of rotatable bonds is 6. The lowest BCUT2D eigenvalue weighted by atomic mass is 9.86. The van der Waals surface area contributed by atoms with Gasteiger partial charge in [-0.25, -0.2) is 18.2 Å². The van der Waals surface area contributed by atoms with Crippen LogP contribution in [-0.4, -0.2) is 40.1 Å². The molecule has 1 unspecified atom stereocenters. The van der Waals surface area contributed by atoms with Crippen LogP contribution < -0.4 is 4.31 Å². The fourth-order valence-electron chi connectivity index (χ4n) is 4.01. The van der Waals surface area contributed by atoms with Crippen molar-refractivity contribution < 1.29 is 18.3 Å². The van der Waals surface area contributed by atoms with Crippen LogP contribution in [0.1, 0.15) is 20.8 Å². The van der Waals surface area contributed by atoms with Gasteiger partial charge in [0.15, 0.2) is 0 Å². The summed E-state index contributed by atoms with van der Waals surface area (Å²) in [5.74, 6) is -0.906. The number of carbonyl (C=O) groups is 1. The number of aliphatic carboxylic acids is 1. The first-order valence-electron chi connectivity index (χ1n) is 10.7. The van der Waals surface area contributed by atoms with Crippen LogP contribution in [0.4, 0.5) is 5.69 Å². The molecule has 37 heavy (non-hydrogen) atoms. The fraction of sp³-hybridized carbons (Fsp3) is 0.208. The lowest BCUT2D eigenvalue weighted by molar-refractivity contribution is -0.140. The average Bonchev–Trinajstić information content (AvgIpc) is 3.18. The standard InChI is InChI=1S/C24H20Cl4N4O4S/c1-24(2,3)21(22(33)34)32(37(35,36)17-10-14(25)9-15(26)11-17)16-4-5-18-13(8-16)6-7-31(18)20-12-19(27)29-23(28)30-20/h4-12,21H,1-3H3,(H,33,34). The van der Waals surface area contributed by atoms with Crippen molar-refractivity contribution in [2.24, 2.45) is 5.41 Å². The third-order valence-electron chi connectivity index (χ3n) is 5.51. The highest BCUT2D eigenvalue weighted by Gasteiger charge is 2.43. The topological polar surface area (TPSA) is 105 Å². The van der Waals surface area contributed by atoms with Gasteiger partial charge in [0.05, 0.1) is 16.1 Å². The number of sulfonamides is 1. The lowest BCUT2D eigenvalue weighted by Crippen LogP contribution is -2.52. The van der Waals surface area contributed by atoms with Gasteiger partial charge in [-0.05, 0) is 59.5 Å². The molecule has 4 aromatic rings. The van der Waals surface area contributed by atoms with Crippen molar-refractivity contribution in [3.63, 3.8) is 0 Å². The summed E-state index contributed by atoms with van der Waals surface area (Å²) < 4.78 is 30.5. The minimum Gasteiger partial charge on any atom is -0.480 e. The number of hydrogen-bond acceptors (Lipinski definition) is 5. The van der Waals surface area contributed by atoms with Gasteiger partial charge in [0, 0.05) is 27.7 Å². The number of nitrogens with zero attached hydrogens (tertiary/aromatic N) is 4. The van der Waals surface area contributed by atoms with E-state index in [1.54, 1.807) is 49.7 Å². The quantitative estimate of drug-likeness (QED) is 0.194. The zero-order valence-electron chi connectivity index (χ0n) is 19.7. The van der Waals surface area contributed by atoms with Crippen LogP contribution in [0.3, 0.4) is 0 Å². The molecule has 0 aliphatic rings. The van der Waals surface area contributed by atoms with Gasteiger partial charge in [-0.3, -0.25) is 4.31 Å². The fourth-order valence-corrected chi connectivity index (χ4v) is 6.92. The summed E-state index contributed by atoms with van der Waals surface area (Å²) in [6, 6.07) is 10.4. The van der Waals surface area contributed by atoms with Crippen molar-refractivity contribution in [3.05, 3.63) is 75.2 Å². The molecule has 0 aliphatic carbocycles. The molecule has 194 valence electrons. The maximum atomic E-state index is 14.0. The molecule has 0 aliphatic heterocycles. The van der Waals surface area contributed by atoms with E-state index in [1.807, 2.05) is 0 Å². The van der Waals surface area contributed by atoms with Crippen molar-refractivity contribution in [3.8, 4) is 5.82 Å². The number of anilines is 1. The highest BCUT2D eigenvalue weighted by atomic mass is 35.5. The van der Waals surface area contributed by atoms with Gasteiger partial charge in [0.1, 0.15) is 17.0 Å². The van der Waals surface area contributed by atoms with Crippen LogP contribution in [0.2, 0.25) is 20.5 Å². The zero-order chi connectivity index (χ0) is 27.3. The highest BCUT2D eigenvalue weighted by molar-refractivity contribution is 7.93. The molecule has 0 amide bonds. The molecule has 2 heterocycles. The predicted octanol–water partition coefficient (Wildman–Crippen LogP) is 6.73. The summed E-state index contributed by atoms with van der Waals surface area (Å²) in [5.41, 5.74) is -0.195. The van der Waals surface area contributed by atoms with E-state index in [2.05, 4.69) is 9.97 Å². The van der Waals surface area contributed by atoms with Crippen LogP contribution >= 0.6 is 46.4 Å². The Morgan fingerprint density at radius 2 is 1.62 bits per heavy atom. The molecule has 0 saturated carbocycles. The van der Waals surface area contributed by atoms with Crippen LogP contribution in [-0.2, 0) is 14.8 Å². The summed E-state index contributed by atoms with van der Waals surface area (Å²) in [6.07, 6.45) is 1.71. The molecule has 0 fully saturated rings. The Bertz CT molecular complexity index is 1590. The molecule has 4 rings (SSSR count). The Morgan fingerprint density at radius 1 is 0.973 bits per heavy atom. The third kappa shape index (κ3) is 5.51. The monoisotopic (exact) mass is 600 g/mol. The van der Waals surface area contributed by atoms with E-state index in [0.717, 1.165) is 4.31 Å². The summed E-state index contributed by atoms with van der Waals surface area (Å²) in [5, 5.41) is 11.1. The molecular formula is C24H20Cl4N4O4S. The number of carboxylic acid groups (broad SMARTS) is 1. The Morgan fingerprint density at radius 3 is 2.19 bits per heavy atom. The van der Waals surface area contributed by atoms with Crippen LogP contribution in [0.25, 0.3) is 16.7 Å². The van der Waals surface area contributed by atoms with Crippen molar-refractivity contribution in [1.82, 2.24) is 14.5 Å². The van der Waals surface area contributed by atoms with Crippen LogP contribution in [0, 0.1) is 5.41 Å². The van der Waals surface area contributed by atoms with Crippen molar-refractivity contribution in [2.45, 2.75) is 31.7 Å². The third-order valence-corrected chi connectivity index (χ3v) is 8.08. The molecule has 8 nitrogen and oxygen atoms in total. The second-order valence-electron chi connectivity index (χ2n) is 9.26. The molecule has 0 saturated heterocycles. The highest BCUT2D eigenvalue weighted by Crippen LogP contribution is 2.37. The van der Waals surface area contributed by atoms with Gasteiger partial charge in [0.25, 0.3) is 10.0 Å². The largest absolute Gasteiger partial charge is 0.480 e. The van der Waals surface area contributed by atoms with E-state index in [9.17, 15) is 18.3 Å². The Balaban J connectivity index is 1.94. The summed E-state index contributed by atoms with van der Waals surface area (Å²) in [4.78, 5) is 20.3. The SMILES string of the molecule is CC(C)(C)C(C(=O)O)N(c1ccc2c(ccn2-c2cc(Cl)nc(Cl)n2)c1)S(=O)(=O)c1cc(Cl)cc(Cl)c1. The van der Waals surface area contributed by atoms with Gasteiger partial charge in [-0.2, -0.15) is 4.98 Å². The molecule has 0 spiro atoms. The Hall–Kier alpha value is -2.56. The average molecular weight is 602 g/mol. The summed E-state index contributed by atoms with van der Waals surface area (Å²) >= 11 is 24.2. The molecule has 1 atom stereocenters. The second kappa shape index (κ2) is 9.96. The number of hydrogen-bond donors (Lipinski definition) is 1. The van der Waals surface area contributed by atoms with Gasteiger partial charge in [0.2, 0.25) is 5.28 Å². The van der Waals surface area contributed by atoms with E-state index in [-0.39, 0.29) is 31.1 Å². The molecule has 2 aromatic heterocycles. The van der Waals surface area contributed by atoms with E-state index in [0.29, 0.717) is 16.7 Å². The smallest absolute Gasteiger partial charge is 0.328 e. The lowest BCUT2D eigenvalue weighted by Gasteiger charge is -2.37. The maximum Gasteiger partial charge on any atom is 0.328 e. The molecule has 13 heteroatoms. The predicted molar refractivity (Wildman–Crippen MR) is 146 cm³/mol. The van der Waals surface area contributed by atoms with E-state index in [4.69, 9.17) is 46.4 Å². The van der Waals surface area contributed by atoms with Crippen LogP contribution in [0.15, 0.2) is 59.6 Å². The molecule has 2 aromatic carbocycles. The molecule has 1 N–H and O–H groups in total. The minimum absolute atomic E-state index is 0.0344. The number of aromatic nitrogens is 3. The van der Waals surface area contributed by atoms with Gasteiger partial charge < -0.3 is 9.67 Å². The normalized spacial score (nSPS) is 13.1. The zero-order valence-corrected chi connectivity index (χ0v) is 23.5. The molecule has 0 bridgehead atoms. The maximum absolute atomic E-state index is 14.0. The van der Waals surface area contributed by atoms with Gasteiger partial charge >= 0.3 is 5.97 Å². The number of carboxylic acids is 1. The van der Waals surface area contributed by atoms with Crippen molar-refractivity contribution >= 4 is 79.0 Å². The van der Waals surface area contributed by atoms with E-state index in [1.165, 1.54) is 30.3 Å². The van der Waals surface area contributed by atoms with Crippen molar-refractivity contribution in [2.75, 3.05) is 4.31 Å². The van der Waals surface area contributed by atoms with E-state index < -0.39 is 27.4 Å². The first-order valence-corrected chi connectivity index (χ1v) is 13.7. The number of halogens is 4. The minimum atomic E-state index is -4.43. The van der Waals surface area contributed by atoms with Crippen molar-refractivity contribution in [1.29, 1.82) is 0 Å². The van der Waals surface area contributed by atoms with Crippen LogP contribution in [0.5, 0.6) is 0 Å². The number of fused-ring (bicyclic) bond motifs is 1. The number of benzene rings is 2. The second-order valence-corrected chi connectivity index (χ2v) is 12.7. The van der Waals surface area contributed by atoms with E-state index >= 15 is 0 Å². The first-order chi connectivity index (χ1) is 17.2. The van der Waals surface area contributed by atoms with Gasteiger partial charge in [-0.1, -0.05) is 55.6 Å². The summed E-state index contributed by atoms with van der Waals surface area (Å²) in [6.45, 7) is 4.95.